The van der Waals surface area contributed by atoms with Crippen LogP contribution in [-0.2, 0) is 9.47 Å². The van der Waals surface area contributed by atoms with Crippen LogP contribution in [0.15, 0.2) is 29.3 Å². The Bertz CT molecular complexity index is 376. The van der Waals surface area contributed by atoms with Gasteiger partial charge in [0.05, 0.1) is 7.11 Å². The van der Waals surface area contributed by atoms with Gasteiger partial charge in [0.1, 0.15) is 12.4 Å². The average Bonchev–Trinajstić information content (AvgIpc) is 2.78. The first-order valence-corrected chi connectivity index (χ1v) is 4.71. The van der Waals surface area contributed by atoms with Crippen molar-refractivity contribution in [1.29, 1.82) is 0 Å². The van der Waals surface area contributed by atoms with Crippen molar-refractivity contribution in [3.05, 3.63) is 29.8 Å². The predicted molar refractivity (Wildman–Crippen MR) is 56.3 cm³/mol. The molecule has 0 amide bonds. The van der Waals surface area contributed by atoms with Gasteiger partial charge in [-0.05, 0) is 18.2 Å². The van der Waals surface area contributed by atoms with Crippen molar-refractivity contribution in [3.63, 3.8) is 0 Å². The van der Waals surface area contributed by atoms with Gasteiger partial charge in [0.25, 0.3) is 0 Å². The zero-order chi connectivity index (χ0) is 10.7. The molecule has 1 atom stereocenters. The largest absolute Gasteiger partial charge is 0.497 e. The maximum Gasteiger partial charge on any atom is 0.219 e. The fraction of sp³-hybridized carbons (Fsp3) is 0.364. The lowest BCUT2D eigenvalue weighted by atomic mass is 10.2. The van der Waals surface area contributed by atoms with E-state index in [0.717, 1.165) is 11.3 Å². The number of benzene rings is 1. The SMILES string of the molecule is COc1cccc(C2=NC(OC)CO2)c1. The number of rotatable bonds is 3. The van der Waals surface area contributed by atoms with Crippen LogP contribution in [-0.4, -0.2) is 33.0 Å². The molecule has 1 aliphatic heterocycles. The highest BCUT2D eigenvalue weighted by Gasteiger charge is 2.19. The maximum absolute atomic E-state index is 5.41. The Balaban J connectivity index is 2.22. The van der Waals surface area contributed by atoms with Crippen molar-refractivity contribution in [2.24, 2.45) is 4.99 Å². The van der Waals surface area contributed by atoms with Gasteiger partial charge < -0.3 is 14.2 Å². The smallest absolute Gasteiger partial charge is 0.219 e. The van der Waals surface area contributed by atoms with Crippen LogP contribution in [0.3, 0.4) is 0 Å². The number of methoxy groups -OCH3 is 2. The molecule has 0 saturated heterocycles. The normalized spacial score (nSPS) is 19.6. The summed E-state index contributed by atoms with van der Waals surface area (Å²) in [7, 11) is 3.25. The Labute approximate surface area is 88.5 Å². The monoisotopic (exact) mass is 207 g/mol. The third kappa shape index (κ3) is 2.10. The Hall–Kier alpha value is -1.55. The number of ether oxygens (including phenoxy) is 3. The second-order valence-corrected chi connectivity index (χ2v) is 3.17. The van der Waals surface area contributed by atoms with E-state index in [4.69, 9.17) is 14.2 Å². The Morgan fingerprint density at radius 1 is 1.40 bits per heavy atom. The van der Waals surface area contributed by atoms with Crippen molar-refractivity contribution < 1.29 is 14.2 Å². The van der Waals surface area contributed by atoms with Crippen molar-refractivity contribution in [2.75, 3.05) is 20.8 Å². The van der Waals surface area contributed by atoms with Crippen LogP contribution in [0.4, 0.5) is 0 Å². The molecule has 15 heavy (non-hydrogen) atoms. The average molecular weight is 207 g/mol. The summed E-state index contributed by atoms with van der Waals surface area (Å²) < 4.78 is 15.6. The van der Waals surface area contributed by atoms with Crippen molar-refractivity contribution >= 4 is 5.90 Å². The summed E-state index contributed by atoms with van der Waals surface area (Å²) in [5.41, 5.74) is 0.911. The molecule has 0 N–H and O–H groups in total. The van der Waals surface area contributed by atoms with Crippen LogP contribution in [0.2, 0.25) is 0 Å². The van der Waals surface area contributed by atoms with E-state index in [1.165, 1.54) is 0 Å². The Morgan fingerprint density at radius 2 is 2.27 bits per heavy atom. The first kappa shape index (κ1) is 9.98. The number of aliphatic imine (C=N–C) groups is 1. The Morgan fingerprint density at radius 3 is 2.93 bits per heavy atom. The molecule has 1 aromatic rings. The first-order chi connectivity index (χ1) is 7.33. The van der Waals surface area contributed by atoms with Crippen molar-refractivity contribution in [3.8, 4) is 5.75 Å². The van der Waals surface area contributed by atoms with E-state index < -0.39 is 0 Å². The molecule has 0 spiro atoms. The van der Waals surface area contributed by atoms with Gasteiger partial charge >= 0.3 is 0 Å². The van der Waals surface area contributed by atoms with E-state index in [0.29, 0.717) is 12.5 Å². The minimum Gasteiger partial charge on any atom is -0.497 e. The molecular weight excluding hydrogens is 194 g/mol. The molecule has 80 valence electrons. The third-order valence-electron chi connectivity index (χ3n) is 2.21. The molecule has 1 heterocycles. The maximum atomic E-state index is 5.41. The molecule has 0 bridgehead atoms. The van der Waals surface area contributed by atoms with Crippen LogP contribution in [0.1, 0.15) is 5.56 Å². The van der Waals surface area contributed by atoms with E-state index in [2.05, 4.69) is 4.99 Å². The van der Waals surface area contributed by atoms with Gasteiger partial charge in [0, 0.05) is 12.7 Å². The Kier molecular flexibility index (Phi) is 2.87. The van der Waals surface area contributed by atoms with Gasteiger partial charge in [-0.15, -0.1) is 0 Å². The van der Waals surface area contributed by atoms with Gasteiger partial charge in [-0.2, -0.15) is 0 Å². The molecule has 0 aliphatic carbocycles. The van der Waals surface area contributed by atoms with Crippen LogP contribution < -0.4 is 4.74 Å². The first-order valence-electron chi connectivity index (χ1n) is 4.71. The predicted octanol–water partition coefficient (Wildman–Crippen LogP) is 1.44. The molecule has 2 rings (SSSR count). The molecule has 1 aliphatic rings. The second-order valence-electron chi connectivity index (χ2n) is 3.17. The molecule has 0 aromatic heterocycles. The highest BCUT2D eigenvalue weighted by Crippen LogP contribution is 2.17. The van der Waals surface area contributed by atoms with Crippen LogP contribution in [0.5, 0.6) is 5.75 Å². The van der Waals surface area contributed by atoms with E-state index in [1.54, 1.807) is 14.2 Å². The summed E-state index contributed by atoms with van der Waals surface area (Å²) in [6.45, 7) is 0.475. The van der Waals surface area contributed by atoms with Crippen molar-refractivity contribution in [2.45, 2.75) is 6.23 Å². The topological polar surface area (TPSA) is 40.0 Å². The summed E-state index contributed by atoms with van der Waals surface area (Å²) in [5.74, 6) is 1.40. The number of hydrogen-bond donors (Lipinski definition) is 0. The molecule has 0 radical (unpaired) electrons. The van der Waals surface area contributed by atoms with Gasteiger partial charge in [-0.1, -0.05) is 6.07 Å². The zero-order valence-electron chi connectivity index (χ0n) is 8.77. The van der Waals surface area contributed by atoms with Crippen LogP contribution in [0, 0.1) is 0 Å². The molecule has 1 aromatic carbocycles. The summed E-state index contributed by atoms with van der Waals surface area (Å²) in [4.78, 5) is 4.27. The minimum atomic E-state index is -0.189. The van der Waals surface area contributed by atoms with Gasteiger partial charge in [-0.3, -0.25) is 0 Å². The van der Waals surface area contributed by atoms with E-state index in [-0.39, 0.29) is 6.23 Å². The van der Waals surface area contributed by atoms with Gasteiger partial charge in [0.15, 0.2) is 6.23 Å². The molecule has 4 heteroatoms. The highest BCUT2D eigenvalue weighted by atomic mass is 16.6. The summed E-state index contributed by atoms with van der Waals surface area (Å²) >= 11 is 0. The molecular formula is C11H13NO3. The van der Waals surface area contributed by atoms with E-state index >= 15 is 0 Å². The van der Waals surface area contributed by atoms with E-state index in [1.807, 2.05) is 24.3 Å². The molecule has 1 unspecified atom stereocenters. The number of nitrogens with zero attached hydrogens (tertiary/aromatic N) is 1. The minimum absolute atomic E-state index is 0.189. The fourth-order valence-electron chi connectivity index (χ4n) is 1.39. The quantitative estimate of drug-likeness (QED) is 0.753. The highest BCUT2D eigenvalue weighted by molar-refractivity contribution is 5.95. The van der Waals surface area contributed by atoms with Gasteiger partial charge in [0.2, 0.25) is 5.90 Å². The van der Waals surface area contributed by atoms with E-state index in [9.17, 15) is 0 Å². The summed E-state index contributed by atoms with van der Waals surface area (Å²) in [5, 5.41) is 0. The lowest BCUT2D eigenvalue weighted by molar-refractivity contribution is 0.0833. The molecule has 4 nitrogen and oxygen atoms in total. The lowest BCUT2D eigenvalue weighted by Crippen LogP contribution is -2.07. The van der Waals surface area contributed by atoms with Gasteiger partial charge in [-0.25, -0.2) is 4.99 Å². The van der Waals surface area contributed by atoms with Crippen LogP contribution in [0.25, 0.3) is 0 Å². The summed E-state index contributed by atoms with van der Waals surface area (Å²) in [6, 6.07) is 7.60. The second kappa shape index (κ2) is 4.31. The molecule has 0 fully saturated rings. The zero-order valence-corrected chi connectivity index (χ0v) is 8.77. The van der Waals surface area contributed by atoms with Crippen LogP contribution >= 0.6 is 0 Å². The number of hydrogen-bond acceptors (Lipinski definition) is 4. The standard InChI is InChI=1S/C11H13NO3/c1-13-9-5-3-4-8(6-9)11-12-10(14-2)7-15-11/h3-6,10H,7H2,1-2H3. The third-order valence-corrected chi connectivity index (χ3v) is 2.21. The van der Waals surface area contributed by atoms with Crippen molar-refractivity contribution in [1.82, 2.24) is 0 Å². The summed E-state index contributed by atoms with van der Waals surface area (Å²) in [6.07, 6.45) is -0.189. The lowest BCUT2D eigenvalue weighted by Gasteiger charge is -2.03. The molecule has 0 saturated carbocycles. The fourth-order valence-corrected chi connectivity index (χ4v) is 1.39.